The molecule has 4 heteroatoms. The predicted octanol–water partition coefficient (Wildman–Crippen LogP) is 3.45. The number of hydrogen-bond donors (Lipinski definition) is 0. The fourth-order valence-electron chi connectivity index (χ4n) is 1.57. The molecule has 0 saturated carbocycles. The molecule has 0 fully saturated rings. The second kappa shape index (κ2) is 6.65. The van der Waals surface area contributed by atoms with Gasteiger partial charge in [0.15, 0.2) is 0 Å². The molecule has 1 aromatic carbocycles. The summed E-state index contributed by atoms with van der Waals surface area (Å²) in [7, 11) is -0.755. The average molecular weight is 253 g/mol. The Morgan fingerprint density at radius 3 is 2.18 bits per heavy atom. The average Bonchev–Trinajstić information content (AvgIpc) is 2.38. The van der Waals surface area contributed by atoms with Gasteiger partial charge in [0, 0.05) is 0 Å². The van der Waals surface area contributed by atoms with Gasteiger partial charge in [-0.3, -0.25) is 0 Å². The lowest BCUT2D eigenvalue weighted by Gasteiger charge is -2.22. The van der Waals surface area contributed by atoms with Crippen LogP contribution in [0, 0.1) is 0 Å². The zero-order chi connectivity index (χ0) is 12.7. The Morgan fingerprint density at radius 1 is 1.24 bits per heavy atom. The van der Waals surface area contributed by atoms with Gasteiger partial charge in [0.2, 0.25) is 0 Å². The maximum Gasteiger partial charge on any atom is 0.400 e. The van der Waals surface area contributed by atoms with E-state index < -0.39 is 14.0 Å². The lowest BCUT2D eigenvalue weighted by atomic mass is 10.1. The van der Waals surface area contributed by atoms with Gasteiger partial charge in [0.1, 0.15) is 0 Å². The third-order valence-corrected chi connectivity index (χ3v) is 3.21. The lowest BCUT2D eigenvalue weighted by Crippen LogP contribution is -2.31. The molecule has 0 aromatic heterocycles. The van der Waals surface area contributed by atoms with Crippen LogP contribution in [0.4, 0.5) is 0 Å². The summed E-state index contributed by atoms with van der Waals surface area (Å²) < 4.78 is 22.5. The SMILES string of the molecule is C=C(c1ccccc1)C(OCC)(OCC)[PH+]=O. The van der Waals surface area contributed by atoms with Crippen LogP contribution in [0.25, 0.3) is 5.57 Å². The monoisotopic (exact) mass is 253 g/mol. The maximum atomic E-state index is 11.5. The second-order valence-corrected chi connectivity index (χ2v) is 4.29. The highest BCUT2D eigenvalue weighted by Crippen LogP contribution is 2.39. The number of ether oxygens (including phenoxy) is 2. The van der Waals surface area contributed by atoms with Gasteiger partial charge in [-0.1, -0.05) is 41.5 Å². The molecule has 0 saturated heterocycles. The quantitative estimate of drug-likeness (QED) is 0.551. The van der Waals surface area contributed by atoms with Crippen molar-refractivity contribution >= 4 is 14.0 Å². The number of rotatable bonds is 7. The van der Waals surface area contributed by atoms with Gasteiger partial charge in [-0.2, -0.15) is 0 Å². The second-order valence-electron chi connectivity index (χ2n) is 3.43. The smallest absolute Gasteiger partial charge is 0.307 e. The van der Waals surface area contributed by atoms with Gasteiger partial charge in [0.25, 0.3) is 0 Å². The summed E-state index contributed by atoms with van der Waals surface area (Å²) in [6.07, 6.45) is 0. The van der Waals surface area contributed by atoms with E-state index in [2.05, 4.69) is 6.58 Å². The van der Waals surface area contributed by atoms with Crippen molar-refractivity contribution in [2.45, 2.75) is 19.4 Å². The molecular formula is C13H18O3P+. The van der Waals surface area contributed by atoms with Crippen LogP contribution in [0.15, 0.2) is 36.9 Å². The highest BCUT2D eigenvalue weighted by molar-refractivity contribution is 7.26. The van der Waals surface area contributed by atoms with Crippen molar-refractivity contribution in [3.63, 3.8) is 0 Å². The zero-order valence-corrected chi connectivity index (χ0v) is 11.2. The topological polar surface area (TPSA) is 35.5 Å². The zero-order valence-electron chi connectivity index (χ0n) is 10.2. The molecule has 0 bridgehead atoms. The summed E-state index contributed by atoms with van der Waals surface area (Å²) in [5.74, 6) is 0. The highest BCUT2D eigenvalue weighted by Gasteiger charge is 2.45. The Labute approximate surface area is 104 Å². The van der Waals surface area contributed by atoms with Gasteiger partial charge in [-0.15, -0.1) is 0 Å². The van der Waals surface area contributed by atoms with Gasteiger partial charge < -0.3 is 9.47 Å². The van der Waals surface area contributed by atoms with E-state index in [-0.39, 0.29) is 0 Å². The molecule has 0 spiro atoms. The largest absolute Gasteiger partial charge is 0.400 e. The van der Waals surface area contributed by atoms with E-state index in [4.69, 9.17) is 9.47 Å². The maximum absolute atomic E-state index is 11.5. The van der Waals surface area contributed by atoms with Gasteiger partial charge in [0.05, 0.1) is 18.8 Å². The van der Waals surface area contributed by atoms with Gasteiger partial charge in [-0.05, 0) is 19.4 Å². The van der Waals surface area contributed by atoms with Crippen molar-refractivity contribution in [1.82, 2.24) is 0 Å². The molecule has 92 valence electrons. The van der Waals surface area contributed by atoms with E-state index in [1.807, 2.05) is 44.2 Å². The molecule has 1 atom stereocenters. The summed E-state index contributed by atoms with van der Waals surface area (Å²) in [4.78, 5) is 0. The van der Waals surface area contributed by atoms with Crippen molar-refractivity contribution in [3.05, 3.63) is 42.5 Å². The van der Waals surface area contributed by atoms with Crippen LogP contribution in [0.1, 0.15) is 19.4 Å². The Morgan fingerprint density at radius 2 is 1.76 bits per heavy atom. The molecule has 0 aliphatic heterocycles. The first-order chi connectivity index (χ1) is 8.20. The minimum absolute atomic E-state index is 0.418. The molecule has 0 aliphatic carbocycles. The molecular weight excluding hydrogens is 235 g/mol. The Balaban J connectivity index is 3.05. The van der Waals surface area contributed by atoms with Crippen molar-refractivity contribution in [2.75, 3.05) is 13.2 Å². The molecule has 17 heavy (non-hydrogen) atoms. The summed E-state index contributed by atoms with van der Waals surface area (Å²) in [6, 6.07) is 9.51. The van der Waals surface area contributed by atoms with E-state index in [0.717, 1.165) is 5.56 Å². The van der Waals surface area contributed by atoms with E-state index in [9.17, 15) is 4.57 Å². The van der Waals surface area contributed by atoms with Crippen LogP contribution in [0.5, 0.6) is 0 Å². The molecule has 1 unspecified atom stereocenters. The van der Waals surface area contributed by atoms with Crippen molar-refractivity contribution < 1.29 is 14.0 Å². The van der Waals surface area contributed by atoms with Crippen molar-refractivity contribution in [2.24, 2.45) is 0 Å². The number of hydrogen-bond acceptors (Lipinski definition) is 3. The first-order valence-corrected chi connectivity index (χ1v) is 6.53. The predicted molar refractivity (Wildman–Crippen MR) is 70.5 cm³/mol. The van der Waals surface area contributed by atoms with Gasteiger partial charge in [-0.25, -0.2) is 0 Å². The van der Waals surface area contributed by atoms with E-state index in [0.29, 0.717) is 18.8 Å². The Kier molecular flexibility index (Phi) is 5.49. The molecule has 1 rings (SSSR count). The minimum atomic E-state index is -1.22. The van der Waals surface area contributed by atoms with Gasteiger partial charge >= 0.3 is 14.0 Å². The summed E-state index contributed by atoms with van der Waals surface area (Å²) in [5, 5.41) is 0. The third-order valence-electron chi connectivity index (χ3n) is 2.35. The lowest BCUT2D eigenvalue weighted by molar-refractivity contribution is -0.128. The summed E-state index contributed by atoms with van der Waals surface area (Å²) in [5.41, 5.74) is 0.248. The fraction of sp³-hybridized carbons (Fsp3) is 0.385. The Hall–Kier alpha value is -1.02. The van der Waals surface area contributed by atoms with Crippen LogP contribution in [-0.4, -0.2) is 18.7 Å². The van der Waals surface area contributed by atoms with E-state index >= 15 is 0 Å². The summed E-state index contributed by atoms with van der Waals surface area (Å²) in [6.45, 7) is 8.48. The van der Waals surface area contributed by atoms with Crippen LogP contribution in [0.2, 0.25) is 0 Å². The molecule has 0 aliphatic rings. The molecule has 3 nitrogen and oxygen atoms in total. The molecule has 0 radical (unpaired) electrons. The van der Waals surface area contributed by atoms with Crippen LogP contribution >= 0.6 is 8.46 Å². The first kappa shape index (κ1) is 14.0. The fourth-order valence-corrected chi connectivity index (χ4v) is 2.25. The van der Waals surface area contributed by atoms with Crippen LogP contribution in [-0.2, 0) is 14.0 Å². The minimum Gasteiger partial charge on any atom is -0.307 e. The molecule has 0 N–H and O–H groups in total. The van der Waals surface area contributed by atoms with Crippen molar-refractivity contribution in [1.29, 1.82) is 0 Å². The molecule has 0 heterocycles. The highest BCUT2D eigenvalue weighted by atomic mass is 31.1. The molecule has 0 amide bonds. The van der Waals surface area contributed by atoms with Crippen molar-refractivity contribution in [3.8, 4) is 0 Å². The third kappa shape index (κ3) is 3.22. The number of benzene rings is 1. The summed E-state index contributed by atoms with van der Waals surface area (Å²) >= 11 is 0. The molecule has 1 aromatic rings. The van der Waals surface area contributed by atoms with Crippen LogP contribution in [0.3, 0.4) is 0 Å². The Bertz CT molecular complexity index is 370. The van der Waals surface area contributed by atoms with E-state index in [1.54, 1.807) is 0 Å². The van der Waals surface area contributed by atoms with Crippen LogP contribution < -0.4 is 0 Å². The first-order valence-electron chi connectivity index (χ1n) is 5.62. The van der Waals surface area contributed by atoms with E-state index in [1.165, 1.54) is 0 Å². The standard InChI is InChI=1S/C13H17O3P/c1-4-15-13(17-14,16-5-2)11(3)12-9-7-6-8-10-12/h6-10H,3-5H2,1-2H3/p+1. The normalized spacial score (nSPS) is 11.6.